The van der Waals surface area contributed by atoms with Crippen LogP contribution in [0.4, 0.5) is 5.69 Å². The van der Waals surface area contributed by atoms with Gasteiger partial charge in [0.05, 0.1) is 21.8 Å². The summed E-state index contributed by atoms with van der Waals surface area (Å²) in [5.41, 5.74) is 3.00. The molecule has 0 aromatic heterocycles. The molecule has 2 aromatic carbocycles. The zero-order valence-electron chi connectivity index (χ0n) is 11.4. The van der Waals surface area contributed by atoms with Crippen LogP contribution < -0.4 is 4.90 Å². The predicted octanol–water partition coefficient (Wildman–Crippen LogP) is 4.36. The molecule has 0 N–H and O–H groups in total. The highest BCUT2D eigenvalue weighted by Gasteiger charge is 2.39. The maximum Gasteiger partial charge on any atom is 0.266 e. The number of amides is 2. The van der Waals surface area contributed by atoms with Crippen LogP contribution in [0.3, 0.4) is 0 Å². The number of nitrogens with zero attached hydrogens (tertiary/aromatic N) is 1. The van der Waals surface area contributed by atoms with Gasteiger partial charge in [0.2, 0.25) is 0 Å². The summed E-state index contributed by atoms with van der Waals surface area (Å²) in [6.45, 7) is 3.67. The first kappa shape index (κ1) is 14.5. The summed E-state index contributed by atoms with van der Waals surface area (Å²) in [6, 6.07) is 8.99. The van der Waals surface area contributed by atoms with E-state index in [4.69, 9.17) is 11.6 Å². The Morgan fingerprint density at radius 3 is 1.95 bits per heavy atom. The Hall–Kier alpha value is -1.40. The molecule has 0 saturated heterocycles. The van der Waals surface area contributed by atoms with Gasteiger partial charge in [-0.15, -0.1) is 0 Å². The van der Waals surface area contributed by atoms with E-state index < -0.39 is 0 Å². The summed E-state index contributed by atoms with van der Waals surface area (Å²) in [5, 5.41) is 0.395. The van der Waals surface area contributed by atoms with Gasteiger partial charge in [-0.1, -0.05) is 23.7 Å². The zero-order chi connectivity index (χ0) is 15.3. The fourth-order valence-corrected chi connectivity index (χ4v) is 3.50. The van der Waals surface area contributed by atoms with Crippen molar-refractivity contribution in [1.82, 2.24) is 0 Å². The van der Waals surface area contributed by atoms with Crippen molar-refractivity contribution in [3.8, 4) is 0 Å². The second-order valence-corrected chi connectivity index (χ2v) is 6.64. The van der Waals surface area contributed by atoms with Crippen LogP contribution in [-0.4, -0.2) is 11.8 Å². The molecule has 0 fully saturated rings. The Morgan fingerprint density at radius 2 is 1.48 bits per heavy atom. The molecule has 0 aliphatic carbocycles. The number of carbonyl (C=O) groups is 2. The molecule has 1 heterocycles. The van der Waals surface area contributed by atoms with E-state index >= 15 is 0 Å². The molecule has 1 aliphatic heterocycles. The molecule has 3 rings (SSSR count). The van der Waals surface area contributed by atoms with E-state index in [1.165, 1.54) is 4.90 Å². The van der Waals surface area contributed by atoms with Gasteiger partial charge in [0.25, 0.3) is 11.8 Å². The molecular weight excluding hydrogens is 401 g/mol. The van der Waals surface area contributed by atoms with E-state index in [0.717, 1.165) is 14.7 Å². The molecule has 2 aromatic rings. The minimum absolute atomic E-state index is 0.306. The third-order valence-electron chi connectivity index (χ3n) is 3.61. The first-order chi connectivity index (χ1) is 9.91. The van der Waals surface area contributed by atoms with E-state index in [-0.39, 0.29) is 11.8 Å². The molecule has 0 bridgehead atoms. The molecule has 106 valence electrons. The number of rotatable bonds is 1. The summed E-state index contributed by atoms with van der Waals surface area (Å²) in [5.74, 6) is -0.612. The highest BCUT2D eigenvalue weighted by Crippen LogP contribution is 2.36. The van der Waals surface area contributed by atoms with Gasteiger partial charge < -0.3 is 0 Å². The van der Waals surface area contributed by atoms with E-state index in [0.29, 0.717) is 21.8 Å². The molecule has 0 unspecified atom stereocenters. The predicted molar refractivity (Wildman–Crippen MR) is 91.2 cm³/mol. The van der Waals surface area contributed by atoms with Crippen LogP contribution in [0.1, 0.15) is 31.8 Å². The molecule has 5 heteroatoms. The van der Waals surface area contributed by atoms with E-state index in [1.807, 2.05) is 32.0 Å². The van der Waals surface area contributed by atoms with Crippen molar-refractivity contribution in [1.29, 1.82) is 0 Å². The Balaban J connectivity index is 2.21. The van der Waals surface area contributed by atoms with Crippen LogP contribution in [0.15, 0.2) is 30.3 Å². The largest absolute Gasteiger partial charge is 0.268 e. The van der Waals surface area contributed by atoms with Gasteiger partial charge in [0, 0.05) is 3.57 Å². The highest BCUT2D eigenvalue weighted by atomic mass is 127. The topological polar surface area (TPSA) is 37.4 Å². The number of anilines is 1. The number of carbonyl (C=O) groups excluding carboxylic acids is 2. The van der Waals surface area contributed by atoms with Gasteiger partial charge in [-0.2, -0.15) is 0 Å². The second-order valence-electron chi connectivity index (χ2n) is 4.99. The van der Waals surface area contributed by atoms with Gasteiger partial charge in [-0.25, -0.2) is 4.90 Å². The maximum atomic E-state index is 12.7. The van der Waals surface area contributed by atoms with Crippen LogP contribution in [0, 0.1) is 17.4 Å². The summed E-state index contributed by atoms with van der Waals surface area (Å²) in [7, 11) is 0. The summed E-state index contributed by atoms with van der Waals surface area (Å²) >= 11 is 8.35. The number of benzene rings is 2. The second kappa shape index (κ2) is 5.10. The van der Waals surface area contributed by atoms with Crippen molar-refractivity contribution in [3.63, 3.8) is 0 Å². The monoisotopic (exact) mass is 411 g/mol. The molecular formula is C16H11ClINO2. The molecule has 3 nitrogen and oxygen atoms in total. The third kappa shape index (κ3) is 2.17. The number of fused-ring (bicyclic) bond motifs is 1. The summed E-state index contributed by atoms with van der Waals surface area (Å²) < 4.78 is 0.949. The molecule has 21 heavy (non-hydrogen) atoms. The zero-order valence-corrected chi connectivity index (χ0v) is 14.3. The van der Waals surface area contributed by atoms with Crippen LogP contribution in [-0.2, 0) is 0 Å². The first-order valence-electron chi connectivity index (χ1n) is 6.36. The standard InChI is InChI=1S/C16H11ClINO2/c1-8-3-4-9(2)14-13(8)15(20)19(16(14)21)12-6-5-10(18)7-11(12)17/h3-7H,1-2H3. The van der Waals surface area contributed by atoms with E-state index in [2.05, 4.69) is 22.6 Å². The maximum absolute atomic E-state index is 12.7. The lowest BCUT2D eigenvalue weighted by Gasteiger charge is -2.15. The van der Waals surface area contributed by atoms with Gasteiger partial charge in [-0.3, -0.25) is 9.59 Å². The van der Waals surface area contributed by atoms with Gasteiger partial charge in [0.15, 0.2) is 0 Å². The van der Waals surface area contributed by atoms with Gasteiger partial charge in [0.1, 0.15) is 0 Å². The molecule has 0 spiro atoms. The number of hydrogen-bond donors (Lipinski definition) is 0. The smallest absolute Gasteiger partial charge is 0.266 e. The Bertz CT molecular complexity index is 760. The van der Waals surface area contributed by atoms with Gasteiger partial charge in [-0.05, 0) is 65.8 Å². The van der Waals surface area contributed by atoms with Crippen molar-refractivity contribution in [2.24, 2.45) is 0 Å². The van der Waals surface area contributed by atoms with E-state index in [1.54, 1.807) is 12.1 Å². The fraction of sp³-hybridized carbons (Fsp3) is 0.125. The van der Waals surface area contributed by atoms with Crippen LogP contribution in [0.2, 0.25) is 5.02 Å². The van der Waals surface area contributed by atoms with Crippen LogP contribution in [0.5, 0.6) is 0 Å². The van der Waals surface area contributed by atoms with Crippen molar-refractivity contribution in [2.75, 3.05) is 4.90 Å². The summed E-state index contributed by atoms with van der Waals surface area (Å²) in [4.78, 5) is 26.5. The van der Waals surface area contributed by atoms with Gasteiger partial charge >= 0.3 is 0 Å². The van der Waals surface area contributed by atoms with Crippen molar-refractivity contribution in [3.05, 3.63) is 61.2 Å². The number of aryl methyl sites for hydroxylation is 2. The molecule has 0 atom stereocenters. The third-order valence-corrected chi connectivity index (χ3v) is 4.58. The number of imide groups is 1. The SMILES string of the molecule is Cc1ccc(C)c2c1C(=O)N(c1ccc(I)cc1Cl)C2=O. The minimum atomic E-state index is -0.306. The Labute approximate surface area is 141 Å². The van der Waals surface area contributed by atoms with Crippen molar-refractivity contribution in [2.45, 2.75) is 13.8 Å². The summed E-state index contributed by atoms with van der Waals surface area (Å²) in [6.07, 6.45) is 0. The average Bonchev–Trinajstić information content (AvgIpc) is 2.68. The average molecular weight is 412 g/mol. The highest BCUT2D eigenvalue weighted by molar-refractivity contribution is 14.1. The number of hydrogen-bond acceptors (Lipinski definition) is 2. The lowest BCUT2D eigenvalue weighted by atomic mass is 9.99. The Kier molecular flexibility index (Phi) is 3.53. The quantitative estimate of drug-likeness (QED) is 0.516. The minimum Gasteiger partial charge on any atom is -0.268 e. The lowest BCUT2D eigenvalue weighted by Crippen LogP contribution is -2.29. The molecule has 0 saturated carbocycles. The van der Waals surface area contributed by atoms with Crippen LogP contribution in [0.25, 0.3) is 0 Å². The lowest BCUT2D eigenvalue weighted by molar-refractivity contribution is 0.0926. The van der Waals surface area contributed by atoms with Crippen molar-refractivity contribution >= 4 is 51.7 Å². The first-order valence-corrected chi connectivity index (χ1v) is 7.81. The normalized spacial score (nSPS) is 13.8. The fourth-order valence-electron chi connectivity index (χ4n) is 2.56. The number of halogens is 2. The van der Waals surface area contributed by atoms with Crippen LogP contribution >= 0.6 is 34.2 Å². The molecule has 0 radical (unpaired) electrons. The molecule has 2 amide bonds. The molecule has 1 aliphatic rings. The van der Waals surface area contributed by atoms with Crippen molar-refractivity contribution < 1.29 is 9.59 Å². The Morgan fingerprint density at radius 1 is 0.952 bits per heavy atom. The van der Waals surface area contributed by atoms with E-state index in [9.17, 15) is 9.59 Å².